The van der Waals surface area contributed by atoms with Gasteiger partial charge in [-0.2, -0.15) is 0 Å². The fourth-order valence-corrected chi connectivity index (χ4v) is 3.30. The van der Waals surface area contributed by atoms with Gasteiger partial charge in [0.15, 0.2) is 5.11 Å². The van der Waals surface area contributed by atoms with Crippen LogP contribution in [0.3, 0.4) is 0 Å². The molecule has 1 aromatic carbocycles. The molecule has 1 aliphatic rings. The van der Waals surface area contributed by atoms with Crippen molar-refractivity contribution in [2.45, 2.75) is 19.0 Å². The molecule has 1 aromatic heterocycles. The maximum Gasteiger partial charge on any atom is 0.252 e. The van der Waals surface area contributed by atoms with Crippen LogP contribution in [0.5, 0.6) is 0 Å². The predicted molar refractivity (Wildman–Crippen MR) is 108 cm³/mol. The van der Waals surface area contributed by atoms with Gasteiger partial charge in [0.05, 0.1) is 18.7 Å². The molecule has 3 rings (SSSR count). The van der Waals surface area contributed by atoms with Gasteiger partial charge in [0.2, 0.25) is 5.91 Å². The molecule has 1 saturated heterocycles. The molecule has 1 aliphatic heterocycles. The Labute approximate surface area is 163 Å². The molecule has 2 heterocycles. The van der Waals surface area contributed by atoms with E-state index in [9.17, 15) is 9.59 Å². The van der Waals surface area contributed by atoms with Crippen molar-refractivity contribution < 1.29 is 9.59 Å². The van der Waals surface area contributed by atoms with Crippen LogP contribution >= 0.6 is 12.2 Å². The average Bonchev–Trinajstić information content (AvgIpc) is 2.88. The lowest BCUT2D eigenvalue weighted by atomic mass is 10.1. The monoisotopic (exact) mass is 380 g/mol. The Morgan fingerprint density at radius 2 is 1.96 bits per heavy atom. The van der Waals surface area contributed by atoms with Crippen LogP contribution < -0.4 is 5.32 Å². The molecular weight excluding hydrogens is 360 g/mol. The lowest BCUT2D eigenvalue weighted by Crippen LogP contribution is -2.37. The molecule has 1 fully saturated rings. The van der Waals surface area contributed by atoms with Crippen LogP contribution in [0, 0.1) is 0 Å². The highest BCUT2D eigenvalue weighted by Crippen LogP contribution is 2.23. The van der Waals surface area contributed by atoms with Gasteiger partial charge in [-0.15, -0.1) is 6.58 Å². The number of pyridine rings is 1. The average molecular weight is 380 g/mol. The van der Waals surface area contributed by atoms with Gasteiger partial charge in [-0.1, -0.05) is 30.3 Å². The van der Waals surface area contributed by atoms with Gasteiger partial charge in [0.25, 0.3) is 5.91 Å². The number of hydrogen-bond donors (Lipinski definition) is 1. The summed E-state index contributed by atoms with van der Waals surface area (Å²) in [6.45, 7) is 4.36. The third-order valence-corrected chi connectivity index (χ3v) is 4.67. The van der Waals surface area contributed by atoms with Crippen molar-refractivity contribution in [2.24, 2.45) is 0 Å². The molecule has 7 heteroatoms. The van der Waals surface area contributed by atoms with Gasteiger partial charge < -0.3 is 10.2 Å². The molecule has 0 saturated carbocycles. The summed E-state index contributed by atoms with van der Waals surface area (Å²) in [5, 5.41) is 3.21. The lowest BCUT2D eigenvalue weighted by molar-refractivity contribution is -0.130. The molecule has 1 N–H and O–H groups in total. The molecule has 0 radical (unpaired) electrons. The minimum absolute atomic E-state index is 0.00828. The van der Waals surface area contributed by atoms with Gasteiger partial charge >= 0.3 is 0 Å². The first-order valence-corrected chi connectivity index (χ1v) is 8.98. The first-order chi connectivity index (χ1) is 13.1. The van der Waals surface area contributed by atoms with Crippen LogP contribution in [-0.2, 0) is 16.1 Å². The standard InChI is InChI=1S/C20H20N4O2S/c1-2-12-23-19(26)17(13-18(25)22-15-8-4-3-5-9-15)24(20(23)27)14-16-10-6-7-11-21-16/h2-11,17H,1,12-14H2,(H,22,25)/t17-/m1/s1. The van der Waals surface area contributed by atoms with Crippen molar-refractivity contribution in [3.8, 4) is 0 Å². The molecule has 0 aliphatic carbocycles. The highest BCUT2D eigenvalue weighted by atomic mass is 32.1. The van der Waals surface area contributed by atoms with Crippen molar-refractivity contribution in [3.05, 3.63) is 73.1 Å². The summed E-state index contributed by atoms with van der Waals surface area (Å²) in [4.78, 5) is 32.9. The summed E-state index contributed by atoms with van der Waals surface area (Å²) in [5.74, 6) is -0.437. The van der Waals surface area contributed by atoms with Crippen LogP contribution in [0.2, 0.25) is 0 Å². The van der Waals surface area contributed by atoms with Crippen LogP contribution in [0.25, 0.3) is 0 Å². The number of para-hydroxylation sites is 1. The molecule has 138 valence electrons. The Bertz CT molecular complexity index is 842. The van der Waals surface area contributed by atoms with E-state index < -0.39 is 6.04 Å². The summed E-state index contributed by atoms with van der Waals surface area (Å²) < 4.78 is 0. The van der Waals surface area contributed by atoms with E-state index in [4.69, 9.17) is 12.2 Å². The molecule has 27 heavy (non-hydrogen) atoms. The van der Waals surface area contributed by atoms with Crippen molar-refractivity contribution in [2.75, 3.05) is 11.9 Å². The number of hydrogen-bond acceptors (Lipinski definition) is 4. The van der Waals surface area contributed by atoms with E-state index in [2.05, 4.69) is 16.9 Å². The van der Waals surface area contributed by atoms with E-state index in [1.165, 1.54) is 4.90 Å². The SMILES string of the molecule is C=CCN1C(=O)[C@@H](CC(=O)Nc2ccccc2)N(Cc2ccccn2)C1=S. The molecule has 6 nitrogen and oxygen atoms in total. The Kier molecular flexibility index (Phi) is 5.93. The van der Waals surface area contributed by atoms with Crippen molar-refractivity contribution >= 4 is 34.8 Å². The van der Waals surface area contributed by atoms with E-state index in [0.29, 0.717) is 23.9 Å². The van der Waals surface area contributed by atoms with Crippen molar-refractivity contribution in [1.82, 2.24) is 14.8 Å². The largest absolute Gasteiger partial charge is 0.330 e. The number of aromatic nitrogens is 1. The van der Waals surface area contributed by atoms with Gasteiger partial charge in [0, 0.05) is 18.4 Å². The van der Waals surface area contributed by atoms with Crippen LogP contribution in [-0.4, -0.2) is 44.3 Å². The maximum absolute atomic E-state index is 12.8. The summed E-state index contributed by atoms with van der Waals surface area (Å²) in [6, 6.07) is 14.1. The second-order valence-corrected chi connectivity index (χ2v) is 6.47. The molecular formula is C20H20N4O2S. The smallest absolute Gasteiger partial charge is 0.252 e. The number of carbonyl (C=O) groups is 2. The van der Waals surface area contributed by atoms with E-state index in [1.54, 1.807) is 29.3 Å². The highest BCUT2D eigenvalue weighted by Gasteiger charge is 2.42. The minimum Gasteiger partial charge on any atom is -0.330 e. The maximum atomic E-state index is 12.8. The second-order valence-electron chi connectivity index (χ2n) is 6.10. The van der Waals surface area contributed by atoms with E-state index in [-0.39, 0.29) is 18.2 Å². The number of anilines is 1. The molecule has 0 spiro atoms. The van der Waals surface area contributed by atoms with E-state index >= 15 is 0 Å². The number of carbonyl (C=O) groups excluding carboxylic acids is 2. The summed E-state index contributed by atoms with van der Waals surface area (Å²) in [7, 11) is 0. The molecule has 0 bridgehead atoms. The second kappa shape index (κ2) is 8.55. The Hall–Kier alpha value is -3.06. The fourth-order valence-electron chi connectivity index (χ4n) is 2.94. The number of amides is 2. The van der Waals surface area contributed by atoms with Crippen LogP contribution in [0.1, 0.15) is 12.1 Å². The van der Waals surface area contributed by atoms with Crippen LogP contribution in [0.4, 0.5) is 5.69 Å². The fraction of sp³-hybridized carbons (Fsp3) is 0.200. The topological polar surface area (TPSA) is 65.5 Å². The van der Waals surface area contributed by atoms with Gasteiger partial charge in [-0.05, 0) is 36.5 Å². The van der Waals surface area contributed by atoms with Gasteiger partial charge in [-0.3, -0.25) is 19.5 Å². The summed E-state index contributed by atoms with van der Waals surface area (Å²) in [5.41, 5.74) is 1.47. The molecule has 0 unspecified atom stereocenters. The first kappa shape index (κ1) is 18.7. The predicted octanol–water partition coefficient (Wildman–Crippen LogP) is 2.59. The number of rotatable bonds is 7. The number of nitrogens with zero attached hydrogens (tertiary/aromatic N) is 3. The zero-order valence-corrected chi connectivity index (χ0v) is 15.6. The highest BCUT2D eigenvalue weighted by molar-refractivity contribution is 7.80. The Morgan fingerprint density at radius 3 is 2.63 bits per heavy atom. The number of benzene rings is 1. The third kappa shape index (κ3) is 4.38. The van der Waals surface area contributed by atoms with Crippen molar-refractivity contribution in [3.63, 3.8) is 0 Å². The quantitative estimate of drug-likeness (QED) is 0.591. The Balaban J connectivity index is 1.77. The van der Waals surface area contributed by atoms with E-state index in [0.717, 1.165) is 5.69 Å². The lowest BCUT2D eigenvalue weighted by Gasteiger charge is -2.23. The number of nitrogens with one attached hydrogen (secondary N) is 1. The first-order valence-electron chi connectivity index (χ1n) is 8.58. The molecule has 2 aromatic rings. The van der Waals surface area contributed by atoms with Gasteiger partial charge in [-0.25, -0.2) is 0 Å². The zero-order valence-electron chi connectivity index (χ0n) is 14.7. The minimum atomic E-state index is -0.664. The zero-order chi connectivity index (χ0) is 19.2. The molecule has 2 amide bonds. The summed E-state index contributed by atoms with van der Waals surface area (Å²) in [6.07, 6.45) is 3.32. The number of thiocarbonyl (C=S) groups is 1. The van der Waals surface area contributed by atoms with Gasteiger partial charge in [0.1, 0.15) is 6.04 Å². The Morgan fingerprint density at radius 1 is 1.22 bits per heavy atom. The normalized spacial score (nSPS) is 16.5. The van der Waals surface area contributed by atoms with Crippen molar-refractivity contribution in [1.29, 1.82) is 0 Å². The third-order valence-electron chi connectivity index (χ3n) is 4.21. The van der Waals surface area contributed by atoms with Crippen LogP contribution in [0.15, 0.2) is 67.4 Å². The summed E-state index contributed by atoms with van der Waals surface area (Å²) >= 11 is 5.49. The molecule has 1 atom stereocenters. The van der Waals surface area contributed by atoms with E-state index in [1.807, 2.05) is 36.4 Å².